The minimum absolute atomic E-state index is 0.205. The SMILES string of the molecule is O=C(O)c1ccccc1OCCN1CCC(c2cn(Cc3ccc(Cl)s3)c3cnccc23)CC1. The summed E-state index contributed by atoms with van der Waals surface area (Å²) in [6, 6.07) is 13.0. The number of rotatable bonds is 8. The number of nitrogens with zero attached hydrogens (tertiary/aromatic N) is 3. The number of likely N-dealkylation sites (tertiary alicyclic amines) is 1. The summed E-state index contributed by atoms with van der Waals surface area (Å²) in [5.41, 5.74) is 2.76. The van der Waals surface area contributed by atoms with Gasteiger partial charge in [0.1, 0.15) is 17.9 Å². The first-order valence-corrected chi connectivity index (χ1v) is 12.6. The molecule has 0 bridgehead atoms. The van der Waals surface area contributed by atoms with E-state index in [0.29, 0.717) is 18.3 Å². The summed E-state index contributed by atoms with van der Waals surface area (Å²) >= 11 is 7.75. The number of ether oxygens (including phenoxy) is 1. The van der Waals surface area contributed by atoms with Gasteiger partial charge >= 0.3 is 5.97 Å². The van der Waals surface area contributed by atoms with E-state index in [-0.39, 0.29) is 5.56 Å². The average Bonchev–Trinajstić information content (AvgIpc) is 3.43. The van der Waals surface area contributed by atoms with Crippen molar-refractivity contribution < 1.29 is 14.6 Å². The monoisotopic (exact) mass is 495 g/mol. The topological polar surface area (TPSA) is 67.6 Å². The van der Waals surface area contributed by atoms with Crippen molar-refractivity contribution in [3.8, 4) is 5.75 Å². The van der Waals surface area contributed by atoms with Crippen molar-refractivity contribution in [2.45, 2.75) is 25.3 Å². The maximum absolute atomic E-state index is 11.4. The summed E-state index contributed by atoms with van der Waals surface area (Å²) in [6.45, 7) is 4.04. The van der Waals surface area contributed by atoms with Gasteiger partial charge in [0.2, 0.25) is 0 Å². The molecular formula is C26H26ClN3O3S. The molecule has 34 heavy (non-hydrogen) atoms. The van der Waals surface area contributed by atoms with E-state index in [1.807, 2.05) is 18.5 Å². The molecule has 1 aliphatic rings. The largest absolute Gasteiger partial charge is 0.491 e. The molecule has 0 saturated carbocycles. The van der Waals surface area contributed by atoms with Crippen LogP contribution in [0.15, 0.2) is 61.1 Å². The minimum Gasteiger partial charge on any atom is -0.491 e. The lowest BCUT2D eigenvalue weighted by molar-refractivity contribution is 0.0691. The van der Waals surface area contributed by atoms with Gasteiger partial charge in [-0.05, 0) is 67.7 Å². The summed E-state index contributed by atoms with van der Waals surface area (Å²) in [4.78, 5) is 19.3. The normalized spacial score (nSPS) is 15.1. The van der Waals surface area contributed by atoms with Gasteiger partial charge in [-0.3, -0.25) is 9.88 Å². The summed E-state index contributed by atoms with van der Waals surface area (Å²) in [6.07, 6.45) is 8.29. The van der Waals surface area contributed by atoms with Crippen LogP contribution in [0.4, 0.5) is 0 Å². The first-order valence-electron chi connectivity index (χ1n) is 11.4. The van der Waals surface area contributed by atoms with Crippen LogP contribution in [-0.2, 0) is 6.54 Å². The molecule has 0 spiro atoms. The molecule has 0 aliphatic carbocycles. The molecule has 176 valence electrons. The predicted molar refractivity (Wildman–Crippen MR) is 135 cm³/mol. The van der Waals surface area contributed by atoms with Gasteiger partial charge in [0.25, 0.3) is 0 Å². The Morgan fingerprint density at radius 3 is 2.76 bits per heavy atom. The number of para-hydroxylation sites is 1. The molecule has 1 aliphatic heterocycles. The maximum atomic E-state index is 11.4. The van der Waals surface area contributed by atoms with Crippen LogP contribution in [-0.4, -0.2) is 51.8 Å². The second-order valence-electron chi connectivity index (χ2n) is 8.58. The average molecular weight is 496 g/mol. The first kappa shape index (κ1) is 22.9. The quantitative estimate of drug-likeness (QED) is 0.337. The van der Waals surface area contributed by atoms with Gasteiger partial charge in [-0.25, -0.2) is 4.79 Å². The number of aromatic carboxylic acids is 1. The molecule has 0 amide bonds. The van der Waals surface area contributed by atoms with Gasteiger partial charge in [0.05, 0.1) is 22.6 Å². The molecule has 1 N–H and O–H groups in total. The highest BCUT2D eigenvalue weighted by atomic mass is 35.5. The zero-order valence-electron chi connectivity index (χ0n) is 18.7. The van der Waals surface area contributed by atoms with Crippen molar-refractivity contribution in [1.29, 1.82) is 0 Å². The number of carbonyl (C=O) groups is 1. The van der Waals surface area contributed by atoms with E-state index in [1.165, 1.54) is 15.8 Å². The second kappa shape index (κ2) is 10.2. The van der Waals surface area contributed by atoms with E-state index in [9.17, 15) is 9.90 Å². The molecular weight excluding hydrogens is 470 g/mol. The van der Waals surface area contributed by atoms with Crippen molar-refractivity contribution in [2.75, 3.05) is 26.2 Å². The van der Waals surface area contributed by atoms with Crippen LogP contribution >= 0.6 is 22.9 Å². The zero-order valence-corrected chi connectivity index (χ0v) is 20.3. The number of halogens is 1. The minimum atomic E-state index is -0.965. The standard InChI is InChI=1S/C26H26ClN3O3S/c27-25-6-5-19(34-25)16-30-17-22(20-7-10-28-15-23(20)30)18-8-11-29(12-9-18)13-14-33-24-4-2-1-3-21(24)26(31)32/h1-7,10,15,17-18H,8-9,11-14,16H2,(H,31,32). The van der Waals surface area contributed by atoms with E-state index in [0.717, 1.165) is 48.9 Å². The molecule has 1 fully saturated rings. The zero-order chi connectivity index (χ0) is 23.5. The highest BCUT2D eigenvalue weighted by Gasteiger charge is 2.24. The number of hydrogen-bond acceptors (Lipinski definition) is 5. The number of pyridine rings is 1. The van der Waals surface area contributed by atoms with E-state index in [2.05, 4.69) is 32.8 Å². The summed E-state index contributed by atoms with van der Waals surface area (Å²) in [7, 11) is 0. The molecule has 5 rings (SSSR count). The first-order chi connectivity index (χ1) is 16.6. The summed E-state index contributed by atoms with van der Waals surface area (Å²) in [5.74, 6) is -0.0331. The van der Waals surface area contributed by atoms with Crippen molar-refractivity contribution in [1.82, 2.24) is 14.5 Å². The van der Waals surface area contributed by atoms with Crippen LogP contribution < -0.4 is 4.74 Å². The Morgan fingerprint density at radius 1 is 1.18 bits per heavy atom. The fraction of sp³-hybridized carbons (Fsp3) is 0.308. The fourth-order valence-electron chi connectivity index (χ4n) is 4.75. The lowest BCUT2D eigenvalue weighted by atomic mass is 9.89. The fourth-order valence-corrected chi connectivity index (χ4v) is 5.83. The molecule has 4 heterocycles. The maximum Gasteiger partial charge on any atom is 0.339 e. The van der Waals surface area contributed by atoms with Gasteiger partial charge in [0.15, 0.2) is 0 Å². The van der Waals surface area contributed by atoms with Gasteiger partial charge in [-0.2, -0.15) is 0 Å². The molecule has 0 radical (unpaired) electrons. The molecule has 1 saturated heterocycles. The van der Waals surface area contributed by atoms with E-state index < -0.39 is 5.97 Å². The number of aromatic nitrogens is 2. The number of hydrogen-bond donors (Lipinski definition) is 1. The van der Waals surface area contributed by atoms with Crippen LogP contribution in [0, 0.1) is 0 Å². The number of benzene rings is 1. The van der Waals surface area contributed by atoms with Crippen LogP contribution in [0.3, 0.4) is 0 Å². The Labute approximate surface area is 207 Å². The van der Waals surface area contributed by atoms with E-state index >= 15 is 0 Å². The van der Waals surface area contributed by atoms with E-state index in [4.69, 9.17) is 16.3 Å². The Balaban J connectivity index is 1.21. The smallest absolute Gasteiger partial charge is 0.339 e. The predicted octanol–water partition coefficient (Wildman–Crippen LogP) is 5.76. The van der Waals surface area contributed by atoms with Crippen LogP contribution in [0.2, 0.25) is 4.34 Å². The van der Waals surface area contributed by atoms with Gasteiger partial charge in [-0.15, -0.1) is 11.3 Å². The van der Waals surface area contributed by atoms with E-state index in [1.54, 1.807) is 35.6 Å². The summed E-state index contributed by atoms with van der Waals surface area (Å²) in [5, 5.41) is 10.6. The molecule has 0 unspecified atom stereocenters. The van der Waals surface area contributed by atoms with Crippen molar-refractivity contribution in [3.63, 3.8) is 0 Å². The van der Waals surface area contributed by atoms with Crippen LogP contribution in [0.25, 0.3) is 10.9 Å². The number of thiophene rings is 1. The highest BCUT2D eigenvalue weighted by molar-refractivity contribution is 7.16. The van der Waals surface area contributed by atoms with Crippen molar-refractivity contribution >= 4 is 39.8 Å². The number of piperidine rings is 1. The molecule has 6 nitrogen and oxygen atoms in total. The third kappa shape index (κ3) is 4.97. The Hall–Kier alpha value is -2.87. The molecule has 1 aromatic carbocycles. The van der Waals surface area contributed by atoms with Crippen molar-refractivity contribution in [2.24, 2.45) is 0 Å². The molecule has 4 aromatic rings. The molecule has 0 atom stereocenters. The lowest BCUT2D eigenvalue weighted by Gasteiger charge is -2.31. The Bertz CT molecular complexity index is 1290. The Morgan fingerprint density at radius 2 is 2.00 bits per heavy atom. The number of fused-ring (bicyclic) bond motifs is 1. The number of carboxylic acids is 1. The van der Waals surface area contributed by atoms with Gasteiger partial charge in [-0.1, -0.05) is 23.7 Å². The van der Waals surface area contributed by atoms with Gasteiger partial charge < -0.3 is 14.4 Å². The van der Waals surface area contributed by atoms with Gasteiger partial charge in [0, 0.05) is 29.2 Å². The van der Waals surface area contributed by atoms with Crippen LogP contribution in [0.1, 0.15) is 39.6 Å². The van der Waals surface area contributed by atoms with Crippen molar-refractivity contribution in [3.05, 3.63) is 81.4 Å². The Kier molecular flexibility index (Phi) is 6.85. The molecule has 8 heteroatoms. The third-order valence-corrected chi connectivity index (χ3v) is 7.70. The van der Waals surface area contributed by atoms with Crippen LogP contribution in [0.5, 0.6) is 5.75 Å². The highest BCUT2D eigenvalue weighted by Crippen LogP contribution is 2.35. The molecule has 3 aromatic heterocycles. The summed E-state index contributed by atoms with van der Waals surface area (Å²) < 4.78 is 8.89. The second-order valence-corrected chi connectivity index (χ2v) is 10.4. The lowest BCUT2D eigenvalue weighted by Crippen LogP contribution is -2.35. The number of carboxylic acid groups (broad SMARTS) is 1. The third-order valence-electron chi connectivity index (χ3n) is 6.48.